The molecule has 0 saturated carbocycles. The van der Waals surface area contributed by atoms with Crippen molar-refractivity contribution in [1.29, 1.82) is 0 Å². The molecular weight excluding hydrogens is 409 g/mol. The number of benzene rings is 2. The molecule has 27 heavy (non-hydrogen) atoms. The van der Waals surface area contributed by atoms with Crippen LogP contribution in [-0.4, -0.2) is 26.4 Å². The molecular formula is C20H24Cl3NO3. The van der Waals surface area contributed by atoms with Gasteiger partial charge in [0.2, 0.25) is 0 Å². The van der Waals surface area contributed by atoms with Crippen molar-refractivity contribution in [3.8, 4) is 11.5 Å². The molecule has 1 saturated heterocycles. The second-order valence-corrected chi connectivity index (χ2v) is 7.12. The Bertz CT molecular complexity index is 736. The highest BCUT2D eigenvalue weighted by Gasteiger charge is 2.14. The number of methoxy groups -OCH3 is 1. The molecule has 1 fully saturated rings. The first-order chi connectivity index (χ1) is 12.7. The van der Waals surface area contributed by atoms with E-state index in [2.05, 4.69) is 5.32 Å². The van der Waals surface area contributed by atoms with Gasteiger partial charge in [0.1, 0.15) is 6.61 Å². The van der Waals surface area contributed by atoms with E-state index in [-0.39, 0.29) is 12.4 Å². The second-order valence-electron chi connectivity index (χ2n) is 6.28. The van der Waals surface area contributed by atoms with Crippen molar-refractivity contribution in [3.05, 3.63) is 57.6 Å². The Morgan fingerprint density at radius 3 is 2.70 bits per heavy atom. The fourth-order valence-electron chi connectivity index (χ4n) is 2.92. The fraction of sp³-hybridized carbons (Fsp3) is 0.400. The number of hydrogen-bond donors (Lipinski definition) is 1. The molecule has 1 heterocycles. The van der Waals surface area contributed by atoms with Gasteiger partial charge in [-0.15, -0.1) is 12.4 Å². The Labute approximate surface area is 176 Å². The van der Waals surface area contributed by atoms with Gasteiger partial charge in [-0.25, -0.2) is 0 Å². The van der Waals surface area contributed by atoms with Gasteiger partial charge < -0.3 is 19.5 Å². The van der Waals surface area contributed by atoms with Gasteiger partial charge in [0.25, 0.3) is 0 Å². The molecule has 0 aliphatic carbocycles. The van der Waals surface area contributed by atoms with Crippen LogP contribution < -0.4 is 14.8 Å². The van der Waals surface area contributed by atoms with Crippen molar-refractivity contribution in [2.75, 3.05) is 20.3 Å². The van der Waals surface area contributed by atoms with Crippen LogP contribution in [0.2, 0.25) is 10.0 Å². The van der Waals surface area contributed by atoms with Gasteiger partial charge in [-0.3, -0.25) is 0 Å². The summed E-state index contributed by atoms with van der Waals surface area (Å²) in [6.07, 6.45) is 2.63. The SMILES string of the molecule is COc1cc(CNCC2CCCO2)ccc1OCc1ccc(Cl)cc1Cl.Cl. The van der Waals surface area contributed by atoms with Crippen LogP contribution in [0.25, 0.3) is 0 Å². The molecule has 0 aromatic heterocycles. The van der Waals surface area contributed by atoms with Crippen molar-refractivity contribution in [3.63, 3.8) is 0 Å². The Morgan fingerprint density at radius 2 is 2.00 bits per heavy atom. The Kier molecular flexibility index (Phi) is 9.00. The van der Waals surface area contributed by atoms with Gasteiger partial charge in [0.15, 0.2) is 11.5 Å². The minimum Gasteiger partial charge on any atom is -0.493 e. The largest absolute Gasteiger partial charge is 0.493 e. The normalized spacial score (nSPS) is 16.0. The van der Waals surface area contributed by atoms with Crippen LogP contribution in [0.15, 0.2) is 36.4 Å². The molecule has 1 aliphatic rings. The van der Waals surface area contributed by atoms with Crippen molar-refractivity contribution < 1.29 is 14.2 Å². The third kappa shape index (κ3) is 6.44. The minimum atomic E-state index is 0. The maximum absolute atomic E-state index is 6.19. The van der Waals surface area contributed by atoms with E-state index in [0.29, 0.717) is 34.3 Å². The minimum absolute atomic E-state index is 0. The lowest BCUT2D eigenvalue weighted by Crippen LogP contribution is -2.25. The first kappa shape index (κ1) is 22.1. The lowest BCUT2D eigenvalue weighted by atomic mass is 10.2. The highest BCUT2D eigenvalue weighted by Crippen LogP contribution is 2.30. The number of rotatable bonds is 8. The Morgan fingerprint density at radius 1 is 1.15 bits per heavy atom. The zero-order valence-corrected chi connectivity index (χ0v) is 17.5. The molecule has 1 atom stereocenters. The van der Waals surface area contributed by atoms with Crippen molar-refractivity contribution in [2.45, 2.75) is 32.1 Å². The molecule has 0 bridgehead atoms. The molecule has 2 aromatic carbocycles. The summed E-state index contributed by atoms with van der Waals surface area (Å²) < 4.78 is 17.0. The summed E-state index contributed by atoms with van der Waals surface area (Å²) in [7, 11) is 1.64. The van der Waals surface area contributed by atoms with Crippen LogP contribution in [0.4, 0.5) is 0 Å². The van der Waals surface area contributed by atoms with Gasteiger partial charge in [0.05, 0.1) is 13.2 Å². The highest BCUT2D eigenvalue weighted by molar-refractivity contribution is 6.35. The van der Waals surface area contributed by atoms with Gasteiger partial charge >= 0.3 is 0 Å². The van der Waals surface area contributed by atoms with E-state index in [1.165, 1.54) is 0 Å². The van der Waals surface area contributed by atoms with Gasteiger partial charge in [-0.2, -0.15) is 0 Å². The fourth-order valence-corrected chi connectivity index (χ4v) is 3.38. The summed E-state index contributed by atoms with van der Waals surface area (Å²) in [5.41, 5.74) is 2.01. The molecule has 2 aromatic rings. The summed E-state index contributed by atoms with van der Waals surface area (Å²) >= 11 is 12.1. The standard InChI is InChI=1S/C20H23Cl2NO3.ClH/c1-24-20-9-14(11-23-12-17-3-2-8-25-17)4-7-19(20)26-13-15-5-6-16(21)10-18(15)22;/h4-7,9-10,17,23H,2-3,8,11-13H2,1H3;1H. The van der Waals surface area contributed by atoms with Crippen LogP contribution >= 0.6 is 35.6 Å². The summed E-state index contributed by atoms with van der Waals surface area (Å²) in [5, 5.41) is 4.63. The average Bonchev–Trinajstić information content (AvgIpc) is 3.15. The smallest absolute Gasteiger partial charge is 0.161 e. The van der Waals surface area contributed by atoms with E-state index < -0.39 is 0 Å². The van der Waals surface area contributed by atoms with Gasteiger partial charge in [-0.05, 0) is 42.7 Å². The first-order valence-corrected chi connectivity index (χ1v) is 9.47. The molecule has 4 nitrogen and oxygen atoms in total. The molecule has 0 amide bonds. The second kappa shape index (κ2) is 11.0. The van der Waals surface area contributed by atoms with E-state index in [9.17, 15) is 0 Å². The highest BCUT2D eigenvalue weighted by atomic mass is 35.5. The van der Waals surface area contributed by atoms with E-state index in [0.717, 1.165) is 43.7 Å². The molecule has 1 unspecified atom stereocenters. The Hall–Kier alpha value is -1.17. The lowest BCUT2D eigenvalue weighted by molar-refractivity contribution is 0.110. The third-order valence-corrected chi connectivity index (χ3v) is 4.94. The molecule has 1 aliphatic heterocycles. The molecule has 148 valence electrons. The van der Waals surface area contributed by atoms with Crippen LogP contribution in [0.5, 0.6) is 11.5 Å². The zero-order chi connectivity index (χ0) is 18.4. The van der Waals surface area contributed by atoms with E-state index in [4.69, 9.17) is 37.4 Å². The molecule has 7 heteroatoms. The van der Waals surface area contributed by atoms with Gasteiger partial charge in [-0.1, -0.05) is 35.3 Å². The maximum Gasteiger partial charge on any atom is 0.161 e. The summed E-state index contributed by atoms with van der Waals surface area (Å²) in [6, 6.07) is 11.3. The zero-order valence-electron chi connectivity index (χ0n) is 15.2. The molecule has 3 rings (SSSR count). The topological polar surface area (TPSA) is 39.7 Å². The quantitative estimate of drug-likeness (QED) is 0.617. The van der Waals surface area contributed by atoms with E-state index >= 15 is 0 Å². The monoisotopic (exact) mass is 431 g/mol. The number of hydrogen-bond acceptors (Lipinski definition) is 4. The summed E-state index contributed by atoms with van der Waals surface area (Å²) in [5.74, 6) is 1.38. The lowest BCUT2D eigenvalue weighted by Gasteiger charge is -2.14. The van der Waals surface area contributed by atoms with E-state index in [1.807, 2.05) is 24.3 Å². The predicted molar refractivity (Wildman–Crippen MR) is 112 cm³/mol. The van der Waals surface area contributed by atoms with E-state index in [1.54, 1.807) is 19.2 Å². The van der Waals surface area contributed by atoms with Crippen molar-refractivity contribution in [1.82, 2.24) is 5.32 Å². The Balaban J connectivity index is 0.00000261. The average molecular weight is 433 g/mol. The third-order valence-electron chi connectivity index (χ3n) is 4.35. The van der Waals surface area contributed by atoms with Crippen LogP contribution in [0, 0.1) is 0 Å². The van der Waals surface area contributed by atoms with Crippen molar-refractivity contribution >= 4 is 35.6 Å². The van der Waals surface area contributed by atoms with Crippen LogP contribution in [-0.2, 0) is 17.9 Å². The predicted octanol–water partition coefficient (Wildman–Crippen LogP) is 5.27. The molecule has 0 spiro atoms. The molecule has 0 radical (unpaired) electrons. The first-order valence-electron chi connectivity index (χ1n) is 8.71. The molecule has 1 N–H and O–H groups in total. The van der Waals surface area contributed by atoms with Crippen LogP contribution in [0.3, 0.4) is 0 Å². The summed E-state index contributed by atoms with van der Waals surface area (Å²) in [6.45, 7) is 2.86. The maximum atomic E-state index is 6.19. The number of ether oxygens (including phenoxy) is 3. The summed E-state index contributed by atoms with van der Waals surface area (Å²) in [4.78, 5) is 0. The van der Waals surface area contributed by atoms with Crippen LogP contribution in [0.1, 0.15) is 24.0 Å². The van der Waals surface area contributed by atoms with Gasteiger partial charge in [0, 0.05) is 35.3 Å². The number of nitrogens with one attached hydrogen (secondary N) is 1. The van der Waals surface area contributed by atoms with Crippen molar-refractivity contribution in [2.24, 2.45) is 0 Å². The number of halogens is 3.